The number of aryl methyl sites for hydroxylation is 1. The lowest BCUT2D eigenvalue weighted by Crippen LogP contribution is -1.99. The number of rotatable bonds is 3. The van der Waals surface area contributed by atoms with E-state index in [4.69, 9.17) is 27.1 Å². The standard InChI is InChI=1S/C16H16ClN3O/c1-3-20-14-7-4-10(17)8-13(14)19-16(20)12-6-5-11(18)9-15(12)21-2/h4-9H,3,18H2,1-2H3. The first-order chi connectivity index (χ1) is 10.1. The van der Waals surface area contributed by atoms with Crippen molar-refractivity contribution in [1.82, 2.24) is 9.55 Å². The van der Waals surface area contributed by atoms with Crippen molar-refractivity contribution in [2.45, 2.75) is 13.5 Å². The average molecular weight is 302 g/mol. The van der Waals surface area contributed by atoms with Gasteiger partial charge >= 0.3 is 0 Å². The van der Waals surface area contributed by atoms with E-state index >= 15 is 0 Å². The smallest absolute Gasteiger partial charge is 0.144 e. The Kier molecular flexibility index (Phi) is 3.47. The Labute approximate surface area is 128 Å². The molecule has 4 nitrogen and oxygen atoms in total. The fraction of sp³-hybridized carbons (Fsp3) is 0.188. The molecule has 0 aliphatic heterocycles. The van der Waals surface area contributed by atoms with Gasteiger partial charge in [0.1, 0.15) is 11.6 Å². The van der Waals surface area contributed by atoms with E-state index in [9.17, 15) is 0 Å². The van der Waals surface area contributed by atoms with Gasteiger partial charge in [-0.3, -0.25) is 0 Å². The third-order valence-electron chi connectivity index (χ3n) is 3.49. The van der Waals surface area contributed by atoms with Crippen LogP contribution in [0.5, 0.6) is 5.75 Å². The Hall–Kier alpha value is -2.20. The van der Waals surface area contributed by atoms with Crippen LogP contribution in [-0.2, 0) is 6.54 Å². The Morgan fingerprint density at radius 3 is 2.76 bits per heavy atom. The number of nitrogens with two attached hydrogens (primary N) is 1. The number of methoxy groups -OCH3 is 1. The molecular weight excluding hydrogens is 286 g/mol. The van der Waals surface area contributed by atoms with Crippen molar-refractivity contribution in [3.8, 4) is 17.1 Å². The zero-order valence-corrected chi connectivity index (χ0v) is 12.7. The Balaban J connectivity index is 2.29. The van der Waals surface area contributed by atoms with E-state index < -0.39 is 0 Å². The van der Waals surface area contributed by atoms with Crippen LogP contribution in [0.15, 0.2) is 36.4 Å². The molecule has 108 valence electrons. The number of imidazole rings is 1. The van der Waals surface area contributed by atoms with E-state index in [-0.39, 0.29) is 0 Å². The minimum atomic E-state index is 0.665. The van der Waals surface area contributed by atoms with Gasteiger partial charge in [-0.15, -0.1) is 0 Å². The maximum Gasteiger partial charge on any atom is 0.144 e. The van der Waals surface area contributed by atoms with Crippen LogP contribution in [0.4, 0.5) is 5.69 Å². The summed E-state index contributed by atoms with van der Waals surface area (Å²) in [5, 5.41) is 0.680. The molecule has 21 heavy (non-hydrogen) atoms. The molecule has 2 aromatic carbocycles. The molecule has 0 saturated carbocycles. The molecule has 0 amide bonds. The largest absolute Gasteiger partial charge is 0.496 e. The van der Waals surface area contributed by atoms with Crippen molar-refractivity contribution in [2.24, 2.45) is 0 Å². The van der Waals surface area contributed by atoms with E-state index in [0.717, 1.165) is 29.0 Å². The number of aromatic nitrogens is 2. The summed E-state index contributed by atoms with van der Waals surface area (Å²) < 4.78 is 7.58. The average Bonchev–Trinajstić information content (AvgIpc) is 2.84. The number of halogens is 1. The molecule has 5 heteroatoms. The molecule has 0 fully saturated rings. The van der Waals surface area contributed by atoms with Crippen LogP contribution in [0.25, 0.3) is 22.4 Å². The van der Waals surface area contributed by atoms with Crippen LogP contribution in [-0.4, -0.2) is 16.7 Å². The van der Waals surface area contributed by atoms with Gasteiger partial charge in [0.05, 0.1) is 23.7 Å². The fourth-order valence-electron chi connectivity index (χ4n) is 2.52. The molecule has 0 radical (unpaired) electrons. The molecule has 0 bridgehead atoms. The van der Waals surface area contributed by atoms with E-state index in [1.54, 1.807) is 7.11 Å². The van der Waals surface area contributed by atoms with Gasteiger partial charge < -0.3 is 15.0 Å². The molecule has 1 aromatic heterocycles. The molecule has 0 spiro atoms. The van der Waals surface area contributed by atoms with Crippen LogP contribution in [0.3, 0.4) is 0 Å². The van der Waals surface area contributed by atoms with E-state index in [1.807, 2.05) is 36.4 Å². The second-order valence-corrected chi connectivity index (χ2v) is 5.21. The molecule has 1 heterocycles. The number of anilines is 1. The molecule has 2 N–H and O–H groups in total. The van der Waals surface area contributed by atoms with Crippen LogP contribution in [0.2, 0.25) is 5.02 Å². The third-order valence-corrected chi connectivity index (χ3v) is 3.73. The maximum absolute atomic E-state index is 6.06. The van der Waals surface area contributed by atoms with Gasteiger partial charge in [0.15, 0.2) is 0 Å². The van der Waals surface area contributed by atoms with Crippen LogP contribution < -0.4 is 10.5 Å². The first-order valence-corrected chi connectivity index (χ1v) is 7.11. The summed E-state index contributed by atoms with van der Waals surface area (Å²) in [4.78, 5) is 4.71. The predicted molar refractivity (Wildman–Crippen MR) is 86.8 cm³/mol. The molecule has 0 saturated heterocycles. The zero-order chi connectivity index (χ0) is 15.0. The summed E-state index contributed by atoms with van der Waals surface area (Å²) in [5.41, 5.74) is 9.33. The van der Waals surface area contributed by atoms with Crippen LogP contribution >= 0.6 is 11.6 Å². The topological polar surface area (TPSA) is 53.1 Å². The highest BCUT2D eigenvalue weighted by Gasteiger charge is 2.15. The summed E-state index contributed by atoms with van der Waals surface area (Å²) in [7, 11) is 1.63. The summed E-state index contributed by atoms with van der Waals surface area (Å²) >= 11 is 6.06. The summed E-state index contributed by atoms with van der Waals surface area (Å²) in [6.07, 6.45) is 0. The molecular formula is C16H16ClN3O. The van der Waals surface area contributed by atoms with Crippen molar-refractivity contribution in [3.05, 3.63) is 41.4 Å². The normalized spacial score (nSPS) is 11.0. The van der Waals surface area contributed by atoms with Crippen molar-refractivity contribution in [3.63, 3.8) is 0 Å². The van der Waals surface area contributed by atoms with Gasteiger partial charge in [0.25, 0.3) is 0 Å². The number of nitrogen functional groups attached to an aromatic ring is 1. The Morgan fingerprint density at radius 2 is 2.05 bits per heavy atom. The van der Waals surface area contributed by atoms with Gasteiger partial charge in [-0.2, -0.15) is 0 Å². The highest BCUT2D eigenvalue weighted by atomic mass is 35.5. The number of nitrogens with zero attached hydrogens (tertiary/aromatic N) is 2. The monoisotopic (exact) mass is 301 g/mol. The fourth-order valence-corrected chi connectivity index (χ4v) is 2.69. The van der Waals surface area contributed by atoms with Crippen molar-refractivity contribution < 1.29 is 4.74 Å². The molecule has 0 atom stereocenters. The third kappa shape index (κ3) is 2.32. The second kappa shape index (κ2) is 5.30. The van der Waals surface area contributed by atoms with E-state index in [1.165, 1.54) is 0 Å². The summed E-state index contributed by atoms with van der Waals surface area (Å²) in [6.45, 7) is 2.89. The van der Waals surface area contributed by atoms with Crippen molar-refractivity contribution >= 4 is 28.3 Å². The molecule has 0 aliphatic carbocycles. The zero-order valence-electron chi connectivity index (χ0n) is 11.9. The molecule has 3 aromatic rings. The molecule has 3 rings (SSSR count). The predicted octanol–water partition coefficient (Wildman–Crippen LogP) is 3.97. The van der Waals surface area contributed by atoms with E-state index in [0.29, 0.717) is 16.5 Å². The minimum absolute atomic E-state index is 0.665. The number of ether oxygens (including phenoxy) is 1. The highest BCUT2D eigenvalue weighted by molar-refractivity contribution is 6.31. The number of benzene rings is 2. The number of hydrogen-bond acceptors (Lipinski definition) is 3. The molecule has 0 unspecified atom stereocenters. The highest BCUT2D eigenvalue weighted by Crippen LogP contribution is 2.33. The second-order valence-electron chi connectivity index (χ2n) is 4.77. The van der Waals surface area contributed by atoms with Gasteiger partial charge in [-0.1, -0.05) is 11.6 Å². The number of hydrogen-bond donors (Lipinski definition) is 1. The number of fused-ring (bicyclic) bond motifs is 1. The minimum Gasteiger partial charge on any atom is -0.496 e. The van der Waals surface area contributed by atoms with Crippen LogP contribution in [0, 0.1) is 0 Å². The van der Waals surface area contributed by atoms with Gasteiger partial charge in [-0.25, -0.2) is 4.98 Å². The Morgan fingerprint density at radius 1 is 1.24 bits per heavy atom. The summed E-state index contributed by atoms with van der Waals surface area (Å²) in [5.74, 6) is 1.57. The first-order valence-electron chi connectivity index (χ1n) is 6.73. The lowest BCUT2D eigenvalue weighted by atomic mass is 10.1. The molecule has 0 aliphatic rings. The Bertz CT molecular complexity index is 811. The van der Waals surface area contributed by atoms with Crippen molar-refractivity contribution in [1.29, 1.82) is 0 Å². The van der Waals surface area contributed by atoms with Crippen LogP contribution in [0.1, 0.15) is 6.92 Å². The summed E-state index contributed by atoms with van der Waals surface area (Å²) in [6, 6.07) is 11.3. The van der Waals surface area contributed by atoms with Crippen molar-refractivity contribution in [2.75, 3.05) is 12.8 Å². The van der Waals surface area contributed by atoms with Gasteiger partial charge in [-0.05, 0) is 37.3 Å². The first kappa shape index (κ1) is 13.8. The lowest BCUT2D eigenvalue weighted by Gasteiger charge is -2.11. The van der Waals surface area contributed by atoms with Gasteiger partial charge in [0.2, 0.25) is 0 Å². The van der Waals surface area contributed by atoms with Gasteiger partial charge in [0, 0.05) is 23.3 Å². The quantitative estimate of drug-likeness (QED) is 0.745. The maximum atomic E-state index is 6.06. The van der Waals surface area contributed by atoms with E-state index in [2.05, 4.69) is 11.5 Å². The lowest BCUT2D eigenvalue weighted by molar-refractivity contribution is 0.416. The SMILES string of the molecule is CCn1c(-c2ccc(N)cc2OC)nc2cc(Cl)ccc21.